The van der Waals surface area contributed by atoms with Gasteiger partial charge in [0.2, 0.25) is 6.04 Å². The number of rotatable bonds is 2. The molecule has 2 heterocycles. The molecule has 21 heavy (non-hydrogen) atoms. The van der Waals surface area contributed by atoms with Crippen LogP contribution in [-0.4, -0.2) is 30.6 Å². The van der Waals surface area contributed by atoms with Gasteiger partial charge in [-0.1, -0.05) is 12.1 Å². The quantitative estimate of drug-likeness (QED) is 0.603. The molecule has 1 aliphatic rings. The van der Waals surface area contributed by atoms with Crippen molar-refractivity contribution in [1.29, 1.82) is 0 Å². The van der Waals surface area contributed by atoms with Crippen molar-refractivity contribution in [2.75, 3.05) is 0 Å². The monoisotopic (exact) mass is 325 g/mol. The minimum atomic E-state index is -4.13. The first-order chi connectivity index (χ1) is 9.96. The van der Waals surface area contributed by atoms with Crippen LogP contribution in [0, 0.1) is 0 Å². The van der Waals surface area contributed by atoms with Crippen LogP contribution in [0.2, 0.25) is 0 Å². The van der Waals surface area contributed by atoms with Crippen LogP contribution in [0.15, 0.2) is 34.5 Å². The number of hydrogen-bond donors (Lipinski definition) is 2. The Morgan fingerprint density at radius 1 is 1.14 bits per heavy atom. The van der Waals surface area contributed by atoms with Gasteiger partial charge in [0.1, 0.15) is 0 Å². The van der Waals surface area contributed by atoms with E-state index in [1.54, 1.807) is 27.6 Å². The van der Waals surface area contributed by atoms with E-state index in [4.69, 9.17) is 0 Å². The molecule has 108 valence electrons. The third kappa shape index (κ3) is 2.60. The van der Waals surface area contributed by atoms with Crippen LogP contribution >= 0.6 is 11.5 Å². The van der Waals surface area contributed by atoms with Crippen molar-refractivity contribution in [2.24, 2.45) is 10.2 Å². The zero-order chi connectivity index (χ0) is 15.0. The number of carbonyl (C=O) groups excluding carboxylic acids is 2. The predicted molar refractivity (Wildman–Crippen MR) is 73.1 cm³/mol. The molecule has 1 aliphatic heterocycles. The SMILES string of the molecule is O=C1NS(=O)(=O)NC(=O)C1N=Nc1snc2ccccc12. The molecule has 9 nitrogen and oxygen atoms in total. The molecule has 0 radical (unpaired) electrons. The van der Waals surface area contributed by atoms with Gasteiger partial charge in [-0.05, 0) is 23.7 Å². The van der Waals surface area contributed by atoms with Crippen LogP contribution in [0.3, 0.4) is 0 Å². The maximum absolute atomic E-state index is 11.5. The molecule has 0 spiro atoms. The topological polar surface area (TPSA) is 130 Å². The van der Waals surface area contributed by atoms with Gasteiger partial charge >= 0.3 is 10.2 Å². The van der Waals surface area contributed by atoms with Crippen molar-refractivity contribution in [3.05, 3.63) is 24.3 Å². The molecule has 11 heteroatoms. The van der Waals surface area contributed by atoms with Crippen molar-refractivity contribution in [1.82, 2.24) is 13.8 Å². The zero-order valence-corrected chi connectivity index (χ0v) is 11.8. The predicted octanol–water partition coefficient (Wildman–Crippen LogP) is 0.239. The lowest BCUT2D eigenvalue weighted by Gasteiger charge is -2.17. The molecule has 0 atom stereocenters. The molecular weight excluding hydrogens is 318 g/mol. The Hall–Kier alpha value is -2.40. The van der Waals surface area contributed by atoms with Gasteiger partial charge in [-0.15, -0.1) is 5.11 Å². The van der Waals surface area contributed by atoms with Gasteiger partial charge in [0.15, 0.2) is 5.00 Å². The van der Waals surface area contributed by atoms with Crippen LogP contribution in [-0.2, 0) is 19.8 Å². The summed E-state index contributed by atoms with van der Waals surface area (Å²) in [6, 6.07) is 5.63. The first-order valence-corrected chi connectivity index (χ1v) is 7.85. The van der Waals surface area contributed by atoms with E-state index < -0.39 is 28.1 Å². The van der Waals surface area contributed by atoms with E-state index in [1.165, 1.54) is 0 Å². The maximum Gasteiger partial charge on any atom is 0.326 e. The summed E-state index contributed by atoms with van der Waals surface area (Å²) in [5.74, 6) is -2.09. The second-order valence-corrected chi connectivity index (χ2v) is 6.23. The molecular formula is C10H7N5O4S2. The van der Waals surface area contributed by atoms with Crippen LogP contribution in [0.1, 0.15) is 0 Å². The Morgan fingerprint density at radius 3 is 2.52 bits per heavy atom. The van der Waals surface area contributed by atoms with Gasteiger partial charge in [-0.3, -0.25) is 9.59 Å². The molecule has 1 aromatic carbocycles. The molecule has 3 rings (SSSR count). The number of nitrogens with zero attached hydrogens (tertiary/aromatic N) is 3. The number of benzene rings is 1. The Morgan fingerprint density at radius 2 is 1.81 bits per heavy atom. The number of nitrogens with one attached hydrogen (secondary N) is 2. The molecule has 2 amide bonds. The van der Waals surface area contributed by atoms with Crippen molar-refractivity contribution < 1.29 is 18.0 Å². The molecule has 0 aliphatic carbocycles. The lowest BCUT2D eigenvalue weighted by Crippen LogP contribution is -2.57. The minimum Gasteiger partial charge on any atom is -0.271 e. The van der Waals surface area contributed by atoms with E-state index in [0.29, 0.717) is 5.00 Å². The normalized spacial score (nSPS) is 18.9. The fourth-order valence-electron chi connectivity index (χ4n) is 1.68. The molecule has 1 fully saturated rings. The van der Waals surface area contributed by atoms with E-state index in [2.05, 4.69) is 14.6 Å². The van der Waals surface area contributed by atoms with Crippen molar-refractivity contribution in [3.63, 3.8) is 0 Å². The number of fused-ring (bicyclic) bond motifs is 1. The van der Waals surface area contributed by atoms with Crippen LogP contribution < -0.4 is 9.44 Å². The highest BCUT2D eigenvalue weighted by Gasteiger charge is 2.37. The van der Waals surface area contributed by atoms with Gasteiger partial charge < -0.3 is 0 Å². The van der Waals surface area contributed by atoms with Crippen molar-refractivity contribution in [2.45, 2.75) is 6.04 Å². The zero-order valence-electron chi connectivity index (χ0n) is 10.2. The average molecular weight is 325 g/mol. The molecule has 0 unspecified atom stereocenters. The number of hydrogen-bond acceptors (Lipinski definition) is 8. The Bertz CT molecular complexity index is 848. The Kier molecular flexibility index (Phi) is 3.14. The van der Waals surface area contributed by atoms with E-state index in [0.717, 1.165) is 22.4 Å². The van der Waals surface area contributed by atoms with Gasteiger partial charge in [0.25, 0.3) is 11.8 Å². The third-order valence-corrected chi connectivity index (χ3v) is 4.30. The van der Waals surface area contributed by atoms with Gasteiger partial charge in [-0.25, -0.2) is 9.44 Å². The first kappa shape index (κ1) is 13.6. The summed E-state index contributed by atoms with van der Waals surface area (Å²) in [5.41, 5.74) is 0.719. The van der Waals surface area contributed by atoms with Crippen LogP contribution in [0.4, 0.5) is 5.00 Å². The van der Waals surface area contributed by atoms with Crippen molar-refractivity contribution >= 4 is 49.5 Å². The van der Waals surface area contributed by atoms with Crippen LogP contribution in [0.5, 0.6) is 0 Å². The van der Waals surface area contributed by atoms with E-state index in [9.17, 15) is 18.0 Å². The number of azo groups is 1. The molecule has 1 aromatic heterocycles. The van der Waals surface area contributed by atoms with Crippen molar-refractivity contribution in [3.8, 4) is 0 Å². The molecule has 0 saturated carbocycles. The highest BCUT2D eigenvalue weighted by atomic mass is 32.2. The summed E-state index contributed by atoms with van der Waals surface area (Å²) >= 11 is 1.06. The lowest BCUT2D eigenvalue weighted by atomic mass is 10.2. The molecule has 2 aromatic rings. The molecule has 2 N–H and O–H groups in total. The first-order valence-electron chi connectivity index (χ1n) is 5.60. The summed E-state index contributed by atoms with van der Waals surface area (Å²) in [6.45, 7) is 0. The Labute approximate surface area is 122 Å². The fraction of sp³-hybridized carbons (Fsp3) is 0.100. The van der Waals surface area contributed by atoms with E-state index in [-0.39, 0.29) is 0 Å². The molecule has 1 saturated heterocycles. The lowest BCUT2D eigenvalue weighted by molar-refractivity contribution is -0.130. The fourth-order valence-corrected chi connectivity index (χ4v) is 3.19. The van der Waals surface area contributed by atoms with Gasteiger partial charge in [-0.2, -0.15) is 17.9 Å². The highest BCUT2D eigenvalue weighted by Crippen LogP contribution is 2.30. The van der Waals surface area contributed by atoms with E-state index in [1.807, 2.05) is 6.07 Å². The third-order valence-electron chi connectivity index (χ3n) is 2.60. The highest BCUT2D eigenvalue weighted by molar-refractivity contribution is 7.88. The second-order valence-electron chi connectivity index (χ2n) is 4.06. The number of aromatic nitrogens is 1. The summed E-state index contributed by atoms with van der Waals surface area (Å²) in [6.07, 6.45) is 0. The second kappa shape index (κ2) is 4.86. The summed E-state index contributed by atoms with van der Waals surface area (Å²) in [5, 5.41) is 8.60. The minimum absolute atomic E-state index is 0.430. The smallest absolute Gasteiger partial charge is 0.271 e. The van der Waals surface area contributed by atoms with Gasteiger partial charge in [0.05, 0.1) is 5.52 Å². The maximum atomic E-state index is 11.5. The average Bonchev–Trinajstić information content (AvgIpc) is 2.80. The summed E-state index contributed by atoms with van der Waals surface area (Å²) in [4.78, 5) is 23.1. The summed E-state index contributed by atoms with van der Waals surface area (Å²) in [7, 11) is -4.13. The summed E-state index contributed by atoms with van der Waals surface area (Å²) < 4.78 is 29.6. The van der Waals surface area contributed by atoms with E-state index >= 15 is 0 Å². The molecule has 0 bridgehead atoms. The Balaban J connectivity index is 1.89. The number of amides is 2. The largest absolute Gasteiger partial charge is 0.326 e. The standard InChI is InChI=1S/C10H7N5O4S2/c16-8-7(9(17)15-21(18,19)14-8)11-12-10-5-3-1-2-4-6(5)13-20-10/h1-4,7H,(H,14,16)(H,15,17). The van der Waals surface area contributed by atoms with Gasteiger partial charge in [0, 0.05) is 5.39 Å². The number of carbonyl (C=O) groups is 2. The van der Waals surface area contributed by atoms with Crippen LogP contribution in [0.25, 0.3) is 10.9 Å².